The molecule has 0 bridgehead atoms. The van der Waals surface area contributed by atoms with E-state index in [-0.39, 0.29) is 18.5 Å². The van der Waals surface area contributed by atoms with Gasteiger partial charge in [0.2, 0.25) is 0 Å². The Morgan fingerprint density at radius 1 is 1.16 bits per heavy atom. The van der Waals surface area contributed by atoms with Gasteiger partial charge < -0.3 is 29.6 Å². The van der Waals surface area contributed by atoms with E-state index in [4.69, 9.17) is 25.7 Å². The minimum Gasteiger partial charge on any atom is -0.598 e. The van der Waals surface area contributed by atoms with Gasteiger partial charge in [-0.3, -0.25) is 0 Å². The second kappa shape index (κ2) is 14.4. The fourth-order valence-corrected chi connectivity index (χ4v) is 5.79. The van der Waals surface area contributed by atoms with Gasteiger partial charge in [-0.15, -0.1) is 4.72 Å². The molecular formula is C30H50F5N5O3SSi. The molecule has 8 nitrogen and oxygen atoms in total. The highest BCUT2D eigenvalue weighted by atomic mass is 32.2. The number of hydrogen-bond donors (Lipinski definition) is 3. The molecule has 1 unspecified atom stereocenters. The van der Waals surface area contributed by atoms with Crippen LogP contribution in [0.3, 0.4) is 0 Å². The number of nitrogens with zero attached hydrogens (tertiary/aromatic N) is 2. The predicted octanol–water partition coefficient (Wildman–Crippen LogP) is 6.43. The van der Waals surface area contributed by atoms with E-state index in [2.05, 4.69) is 29.7 Å². The van der Waals surface area contributed by atoms with Crippen molar-refractivity contribution in [3.8, 4) is 0 Å². The van der Waals surface area contributed by atoms with Gasteiger partial charge in [0.15, 0.2) is 5.60 Å². The zero-order valence-electron chi connectivity index (χ0n) is 31.2. The fourth-order valence-electron chi connectivity index (χ4n) is 4.24. The number of benzene rings is 1. The Morgan fingerprint density at radius 3 is 2.33 bits per heavy atom. The van der Waals surface area contributed by atoms with Crippen LogP contribution in [0, 0.1) is 5.92 Å². The molecule has 0 saturated heterocycles. The fraction of sp³-hybridized carbons (Fsp3) is 0.767. The maximum atomic E-state index is 14.8. The summed E-state index contributed by atoms with van der Waals surface area (Å²) in [5.41, 5.74) is 3.65. The smallest absolute Gasteiger partial charge is 0.416 e. The standard InChI is InChI=1S/C30H50F5N5O3SSi/c1-27(2,3)44(41)39-23(16-43-28(4,5)30(33,34)35)26-38-22-15-21(25(20-9-10-20)37-18-29(31,32)17-36)11-12-24(22)40(26)19-42-13-14-45(6,7)8/h11-12,15,20,23,25,37,39H,9-10,13-14,16-19,36H2,1-8H3/t23-,25+,44?/m0/s1/i17D2,18D2. The highest BCUT2D eigenvalue weighted by Gasteiger charge is 2.49. The van der Waals surface area contributed by atoms with Gasteiger partial charge in [-0.2, -0.15) is 13.2 Å². The summed E-state index contributed by atoms with van der Waals surface area (Å²) in [5.74, 6) is -4.66. The SMILES string of the molecule is [2H]C([2H])(N)C(F)(F)C([2H])([2H])N[C@@H](c1ccc2c(c1)nc([C@H](COC(C)(C)C(F)(F)F)N[S+]([O-])C(C)(C)C)n2COCC[Si](C)(C)C)C1CC1. The van der Waals surface area contributed by atoms with Gasteiger partial charge in [-0.05, 0) is 77.1 Å². The molecule has 3 rings (SSSR count). The predicted molar refractivity (Wildman–Crippen MR) is 171 cm³/mol. The Balaban J connectivity index is 2.12. The first-order valence-electron chi connectivity index (χ1n) is 16.9. The summed E-state index contributed by atoms with van der Waals surface area (Å²) in [6, 6.07) is 3.56. The lowest BCUT2D eigenvalue weighted by Crippen LogP contribution is -2.47. The number of alkyl halides is 5. The quantitative estimate of drug-likeness (QED) is 0.0761. The Hall–Kier alpha value is -1.33. The van der Waals surface area contributed by atoms with Gasteiger partial charge in [-0.1, -0.05) is 25.7 Å². The van der Waals surface area contributed by atoms with Crippen molar-refractivity contribution in [1.29, 1.82) is 0 Å². The summed E-state index contributed by atoms with van der Waals surface area (Å²) in [6.45, 7) is 6.03. The average Bonchev–Trinajstić information content (AvgIpc) is 3.70. The monoisotopic (exact) mass is 687 g/mol. The zero-order chi connectivity index (χ0) is 37.6. The Bertz CT molecular complexity index is 1430. The maximum absolute atomic E-state index is 14.8. The van der Waals surface area contributed by atoms with Crippen molar-refractivity contribution in [2.75, 3.05) is 26.2 Å². The third-order valence-corrected chi connectivity index (χ3v) is 10.8. The van der Waals surface area contributed by atoms with Crippen molar-refractivity contribution in [3.63, 3.8) is 0 Å². The molecule has 1 aromatic heterocycles. The molecule has 0 radical (unpaired) electrons. The van der Waals surface area contributed by atoms with E-state index in [1.807, 2.05) is 0 Å². The molecule has 258 valence electrons. The summed E-state index contributed by atoms with van der Waals surface area (Å²) < 4.78 is 130. The molecule has 1 aliphatic rings. The molecule has 15 heteroatoms. The second-order valence-corrected chi connectivity index (χ2v) is 21.8. The molecular weight excluding hydrogens is 634 g/mol. The first-order chi connectivity index (χ1) is 22.0. The van der Waals surface area contributed by atoms with Crippen LogP contribution < -0.4 is 15.8 Å². The van der Waals surface area contributed by atoms with Crippen molar-refractivity contribution in [2.24, 2.45) is 11.7 Å². The van der Waals surface area contributed by atoms with Crippen molar-refractivity contribution >= 4 is 30.5 Å². The summed E-state index contributed by atoms with van der Waals surface area (Å²) in [4.78, 5) is 4.73. The van der Waals surface area contributed by atoms with Crippen LogP contribution in [-0.4, -0.2) is 70.8 Å². The number of hydrogen-bond acceptors (Lipinski definition) is 7. The van der Waals surface area contributed by atoms with E-state index in [1.54, 1.807) is 43.5 Å². The van der Waals surface area contributed by atoms with Crippen molar-refractivity contribution in [1.82, 2.24) is 19.6 Å². The number of fused-ring (bicyclic) bond motifs is 1. The number of imidazole rings is 1. The molecule has 2 aromatic rings. The van der Waals surface area contributed by atoms with Crippen LogP contribution in [0.4, 0.5) is 22.0 Å². The van der Waals surface area contributed by atoms with Crippen LogP contribution in [0.25, 0.3) is 11.0 Å². The Morgan fingerprint density at radius 2 is 1.80 bits per heavy atom. The number of rotatable bonds is 17. The van der Waals surface area contributed by atoms with E-state index >= 15 is 0 Å². The van der Waals surface area contributed by atoms with Gasteiger partial charge >= 0.3 is 6.18 Å². The van der Waals surface area contributed by atoms with Crippen molar-refractivity contribution in [2.45, 2.75) is 114 Å². The summed E-state index contributed by atoms with van der Waals surface area (Å²) in [6.07, 6.45) is -3.49. The largest absolute Gasteiger partial charge is 0.598 e. The second-order valence-electron chi connectivity index (χ2n) is 14.2. The molecule has 4 N–H and O–H groups in total. The summed E-state index contributed by atoms with van der Waals surface area (Å²) in [5, 5.41) is 2.31. The molecule has 3 atom stereocenters. The summed E-state index contributed by atoms with van der Waals surface area (Å²) >= 11 is -1.77. The number of halogens is 5. The molecule has 45 heavy (non-hydrogen) atoms. The number of nitrogens with one attached hydrogen (secondary N) is 2. The van der Waals surface area contributed by atoms with Crippen molar-refractivity contribution < 1.29 is 41.5 Å². The van der Waals surface area contributed by atoms with Crippen LogP contribution in [0.1, 0.15) is 76.4 Å². The Labute approximate surface area is 273 Å². The first-order valence-corrected chi connectivity index (χ1v) is 19.8. The lowest BCUT2D eigenvalue weighted by molar-refractivity contribution is -0.265. The third kappa shape index (κ3) is 10.8. The third-order valence-electron chi connectivity index (χ3n) is 7.45. The number of ether oxygens (including phenoxy) is 2. The molecule has 1 aliphatic carbocycles. The summed E-state index contributed by atoms with van der Waals surface area (Å²) in [7, 11) is -1.48. The highest BCUT2D eigenvalue weighted by molar-refractivity contribution is 7.90. The van der Waals surface area contributed by atoms with E-state index in [0.29, 0.717) is 36.0 Å². The van der Waals surface area contributed by atoms with Crippen LogP contribution >= 0.6 is 0 Å². The van der Waals surface area contributed by atoms with Gasteiger partial charge in [0, 0.05) is 37.6 Å². The molecule has 1 fully saturated rings. The van der Waals surface area contributed by atoms with Gasteiger partial charge in [0.1, 0.15) is 23.3 Å². The number of aromatic nitrogens is 2. The lowest BCUT2D eigenvalue weighted by Gasteiger charge is -2.32. The normalized spacial score (nSPS) is 19.5. The minimum absolute atomic E-state index is 0.0523. The van der Waals surface area contributed by atoms with Crippen molar-refractivity contribution in [3.05, 3.63) is 29.6 Å². The number of nitrogens with two attached hydrogens (primary N) is 1. The maximum Gasteiger partial charge on any atom is 0.416 e. The molecule has 1 saturated carbocycles. The average molecular weight is 688 g/mol. The molecule has 0 amide bonds. The van der Waals surface area contributed by atoms with E-state index in [9.17, 15) is 26.5 Å². The van der Waals surface area contributed by atoms with E-state index in [1.165, 1.54) is 0 Å². The first kappa shape index (κ1) is 32.2. The van der Waals surface area contributed by atoms with E-state index < -0.39 is 73.6 Å². The topological polar surface area (TPSA) is 109 Å². The minimum atomic E-state index is -4.70. The Kier molecular flexibility index (Phi) is 10.3. The molecule has 1 heterocycles. The zero-order valence-corrected chi connectivity index (χ0v) is 29.0. The van der Waals surface area contributed by atoms with E-state index in [0.717, 1.165) is 19.9 Å². The van der Waals surface area contributed by atoms with Gasteiger partial charge in [0.05, 0.1) is 30.6 Å². The molecule has 1 aromatic carbocycles. The van der Waals surface area contributed by atoms with Crippen LogP contribution in [0.5, 0.6) is 0 Å². The van der Waals surface area contributed by atoms with Crippen LogP contribution in [0.15, 0.2) is 18.2 Å². The molecule has 0 spiro atoms. The van der Waals surface area contributed by atoms with Gasteiger partial charge in [0.25, 0.3) is 5.92 Å². The molecule has 0 aliphatic heterocycles. The van der Waals surface area contributed by atoms with Crippen LogP contribution in [-0.2, 0) is 27.6 Å². The highest BCUT2D eigenvalue weighted by Crippen LogP contribution is 2.42. The van der Waals surface area contributed by atoms with Crippen LogP contribution in [0.2, 0.25) is 25.7 Å². The van der Waals surface area contributed by atoms with Gasteiger partial charge in [-0.25, -0.2) is 13.8 Å². The lowest BCUT2D eigenvalue weighted by atomic mass is 10.0.